The van der Waals surface area contributed by atoms with Crippen molar-refractivity contribution in [2.75, 3.05) is 12.3 Å². The summed E-state index contributed by atoms with van der Waals surface area (Å²) >= 11 is 0. The van der Waals surface area contributed by atoms with Gasteiger partial charge in [0, 0.05) is 12.6 Å². The minimum atomic E-state index is -0.870. The van der Waals surface area contributed by atoms with Crippen LogP contribution in [0.3, 0.4) is 0 Å². The van der Waals surface area contributed by atoms with E-state index >= 15 is 0 Å². The molecule has 0 aromatic carbocycles. The number of hydrogen-bond acceptors (Lipinski definition) is 6. The van der Waals surface area contributed by atoms with Crippen LogP contribution in [0.25, 0.3) is 11.2 Å². The molecule has 2 heterocycles. The normalized spacial score (nSPS) is 26.1. The van der Waals surface area contributed by atoms with E-state index in [1.54, 1.807) is 6.33 Å². The number of carbonyl (C=O) groups is 1. The van der Waals surface area contributed by atoms with Crippen molar-refractivity contribution in [3.63, 3.8) is 0 Å². The molecule has 1 aliphatic carbocycles. The van der Waals surface area contributed by atoms with E-state index in [4.69, 9.17) is 5.73 Å². The molecule has 1 aliphatic rings. The fraction of sp³-hybridized carbons (Fsp3) is 0.500. The van der Waals surface area contributed by atoms with Crippen LogP contribution in [-0.4, -0.2) is 42.3 Å². The summed E-state index contributed by atoms with van der Waals surface area (Å²) < 4.78 is 1.83. The minimum absolute atomic E-state index is 0.0486. The van der Waals surface area contributed by atoms with Crippen LogP contribution in [0, 0.1) is 11.8 Å². The Bertz CT molecular complexity index is 656. The van der Waals surface area contributed by atoms with Crippen LogP contribution in [0.15, 0.2) is 12.7 Å². The van der Waals surface area contributed by atoms with Gasteiger partial charge in [0.1, 0.15) is 11.8 Å². The maximum Gasteiger partial charge on any atom is 0.306 e. The number of nitrogen functional groups attached to an aromatic ring is 1. The van der Waals surface area contributed by atoms with Gasteiger partial charge in [-0.2, -0.15) is 0 Å². The lowest BCUT2D eigenvalue weighted by atomic mass is 9.97. The third kappa shape index (κ3) is 1.88. The van der Waals surface area contributed by atoms with Crippen LogP contribution in [0.4, 0.5) is 5.82 Å². The molecule has 3 atom stereocenters. The summed E-state index contributed by atoms with van der Waals surface area (Å²) in [6.07, 6.45) is 4.01. The fourth-order valence-electron chi connectivity index (χ4n) is 2.96. The Morgan fingerprint density at radius 1 is 1.40 bits per heavy atom. The van der Waals surface area contributed by atoms with Gasteiger partial charge in [-0.1, -0.05) is 0 Å². The number of anilines is 1. The Morgan fingerprint density at radius 2 is 2.20 bits per heavy atom. The smallest absolute Gasteiger partial charge is 0.306 e. The lowest BCUT2D eigenvalue weighted by Crippen LogP contribution is -2.20. The van der Waals surface area contributed by atoms with Gasteiger partial charge in [0.15, 0.2) is 11.5 Å². The van der Waals surface area contributed by atoms with Gasteiger partial charge in [0.05, 0.1) is 12.2 Å². The fourth-order valence-corrected chi connectivity index (χ4v) is 2.96. The number of aliphatic hydroxyl groups is 1. The Morgan fingerprint density at radius 3 is 2.85 bits per heavy atom. The first-order chi connectivity index (χ1) is 9.61. The standard InChI is InChI=1S/C12H15N5O3/c13-10-9-11(15-4-14-10)17(5-16-9)7-1-6(3-18)8(2-7)12(19)20/h4-8,18H,1-3H2,(H,19,20)(H2,13,14,15)/t6-,7-,8+/m1/s1. The molecule has 4 N–H and O–H groups in total. The number of fused-ring (bicyclic) bond motifs is 1. The summed E-state index contributed by atoms with van der Waals surface area (Å²) in [6, 6.07) is -0.0486. The van der Waals surface area contributed by atoms with Crippen molar-refractivity contribution in [2.24, 2.45) is 11.8 Å². The van der Waals surface area contributed by atoms with Crippen LogP contribution >= 0.6 is 0 Å². The summed E-state index contributed by atoms with van der Waals surface area (Å²) in [5.41, 5.74) is 6.86. The second-order valence-corrected chi connectivity index (χ2v) is 5.10. The van der Waals surface area contributed by atoms with E-state index in [0.717, 1.165) is 0 Å². The average Bonchev–Trinajstić information content (AvgIpc) is 3.02. The molecule has 2 aromatic heterocycles. The SMILES string of the molecule is Nc1ncnc2c1ncn2[C@@H]1C[C@H](CO)[C@@H](C(=O)O)C1. The number of carboxylic acids is 1. The molecule has 106 valence electrons. The molecule has 0 saturated heterocycles. The zero-order valence-electron chi connectivity index (χ0n) is 10.7. The molecule has 0 spiro atoms. The van der Waals surface area contributed by atoms with Crippen molar-refractivity contribution in [3.05, 3.63) is 12.7 Å². The van der Waals surface area contributed by atoms with Gasteiger partial charge in [0.2, 0.25) is 0 Å². The zero-order valence-corrected chi connectivity index (χ0v) is 10.7. The van der Waals surface area contributed by atoms with Crippen molar-refractivity contribution < 1.29 is 15.0 Å². The lowest BCUT2D eigenvalue weighted by molar-refractivity contribution is -0.143. The maximum atomic E-state index is 11.2. The van der Waals surface area contributed by atoms with Crippen molar-refractivity contribution in [1.82, 2.24) is 19.5 Å². The zero-order chi connectivity index (χ0) is 14.3. The van der Waals surface area contributed by atoms with Crippen LogP contribution in [0.5, 0.6) is 0 Å². The first kappa shape index (κ1) is 12.8. The molecule has 8 heteroatoms. The highest BCUT2D eigenvalue weighted by Crippen LogP contribution is 2.40. The molecule has 1 fully saturated rings. The quantitative estimate of drug-likeness (QED) is 0.723. The Balaban J connectivity index is 1.97. The number of aromatic nitrogens is 4. The van der Waals surface area contributed by atoms with Crippen LogP contribution in [-0.2, 0) is 4.79 Å². The highest BCUT2D eigenvalue weighted by Gasteiger charge is 2.39. The summed E-state index contributed by atoms with van der Waals surface area (Å²) in [4.78, 5) is 23.5. The van der Waals surface area contributed by atoms with E-state index in [1.807, 2.05) is 4.57 Å². The highest BCUT2D eigenvalue weighted by molar-refractivity contribution is 5.81. The van der Waals surface area contributed by atoms with Gasteiger partial charge in [-0.05, 0) is 18.8 Å². The second-order valence-electron chi connectivity index (χ2n) is 5.10. The van der Waals surface area contributed by atoms with Gasteiger partial charge >= 0.3 is 5.97 Å². The van der Waals surface area contributed by atoms with Crippen LogP contribution in [0.2, 0.25) is 0 Å². The van der Waals surface area contributed by atoms with Crippen LogP contribution < -0.4 is 5.73 Å². The molecular formula is C12H15N5O3. The number of aliphatic hydroxyl groups excluding tert-OH is 1. The Hall–Kier alpha value is -2.22. The van der Waals surface area contributed by atoms with Gasteiger partial charge in [-0.15, -0.1) is 0 Å². The molecule has 2 aromatic rings. The van der Waals surface area contributed by atoms with Gasteiger partial charge in [0.25, 0.3) is 0 Å². The summed E-state index contributed by atoms with van der Waals surface area (Å²) in [7, 11) is 0. The van der Waals surface area contributed by atoms with E-state index < -0.39 is 11.9 Å². The third-order valence-corrected chi connectivity index (χ3v) is 4.00. The van der Waals surface area contributed by atoms with Crippen molar-refractivity contribution in [2.45, 2.75) is 18.9 Å². The van der Waals surface area contributed by atoms with E-state index in [1.165, 1.54) is 6.33 Å². The predicted octanol–water partition coefficient (Wildman–Crippen LogP) is 0.0527. The van der Waals surface area contributed by atoms with Crippen molar-refractivity contribution >= 4 is 23.0 Å². The summed E-state index contributed by atoms with van der Waals surface area (Å²) in [6.45, 7) is -0.128. The second kappa shape index (κ2) is 4.71. The summed E-state index contributed by atoms with van der Waals surface area (Å²) in [5, 5.41) is 18.5. The number of hydrogen-bond donors (Lipinski definition) is 3. The number of rotatable bonds is 3. The van der Waals surface area contributed by atoms with Crippen LogP contribution in [0.1, 0.15) is 18.9 Å². The molecule has 0 bridgehead atoms. The van der Waals surface area contributed by atoms with E-state index in [-0.39, 0.29) is 18.6 Å². The summed E-state index contributed by atoms with van der Waals surface area (Å²) in [5.74, 6) is -1.35. The lowest BCUT2D eigenvalue weighted by Gasteiger charge is -2.12. The maximum absolute atomic E-state index is 11.2. The topological polar surface area (TPSA) is 127 Å². The first-order valence-electron chi connectivity index (χ1n) is 6.38. The van der Waals surface area contributed by atoms with Gasteiger partial charge in [-0.3, -0.25) is 4.79 Å². The van der Waals surface area contributed by atoms with Gasteiger partial charge < -0.3 is 20.5 Å². The minimum Gasteiger partial charge on any atom is -0.481 e. The predicted molar refractivity (Wildman–Crippen MR) is 69.7 cm³/mol. The number of carboxylic acid groups (broad SMARTS) is 1. The number of imidazole rings is 1. The molecular weight excluding hydrogens is 262 g/mol. The monoisotopic (exact) mass is 277 g/mol. The number of nitrogens with zero attached hydrogens (tertiary/aromatic N) is 4. The molecule has 0 unspecified atom stereocenters. The molecule has 0 aliphatic heterocycles. The molecule has 20 heavy (non-hydrogen) atoms. The van der Waals surface area contributed by atoms with Crippen molar-refractivity contribution in [1.29, 1.82) is 0 Å². The number of nitrogens with two attached hydrogens (primary N) is 1. The average molecular weight is 277 g/mol. The molecule has 0 radical (unpaired) electrons. The Kier molecular flexibility index (Phi) is 3.01. The van der Waals surface area contributed by atoms with E-state index in [2.05, 4.69) is 15.0 Å². The largest absolute Gasteiger partial charge is 0.481 e. The molecule has 0 amide bonds. The van der Waals surface area contributed by atoms with E-state index in [0.29, 0.717) is 29.8 Å². The Labute approximate surface area is 114 Å². The molecule has 8 nitrogen and oxygen atoms in total. The molecule has 1 saturated carbocycles. The molecule has 3 rings (SSSR count). The first-order valence-corrected chi connectivity index (χ1v) is 6.38. The number of aliphatic carboxylic acids is 1. The van der Waals surface area contributed by atoms with Crippen molar-refractivity contribution in [3.8, 4) is 0 Å². The third-order valence-electron chi connectivity index (χ3n) is 4.00. The van der Waals surface area contributed by atoms with E-state index in [9.17, 15) is 15.0 Å². The van der Waals surface area contributed by atoms with Gasteiger partial charge in [-0.25, -0.2) is 15.0 Å². The highest BCUT2D eigenvalue weighted by atomic mass is 16.4.